The molecule has 6 nitrogen and oxygen atoms in total. The molecule has 0 aliphatic heterocycles. The largest absolute Gasteiger partial charge is 0.507 e. The number of fused-ring (bicyclic) bond motifs is 3. The number of aromatic nitrogens is 2. The minimum atomic E-state index is -0.529. The average Bonchev–Trinajstić information content (AvgIpc) is 1.60. The van der Waals surface area contributed by atoms with E-state index in [1.54, 1.807) is 24.5 Å². The van der Waals surface area contributed by atoms with E-state index in [4.69, 9.17) is 0 Å². The number of nitrogens with zero attached hydrogens (tertiary/aromatic N) is 2. The summed E-state index contributed by atoms with van der Waals surface area (Å²) in [7, 11) is 0. The summed E-state index contributed by atoms with van der Waals surface area (Å²) in [5.74, 6) is -1.10. The van der Waals surface area contributed by atoms with Gasteiger partial charge in [-0.2, -0.15) is 0 Å². The van der Waals surface area contributed by atoms with E-state index in [1.165, 1.54) is 87.1 Å². The monoisotopic (exact) mass is 1440 g/mol. The van der Waals surface area contributed by atoms with Gasteiger partial charge < -0.3 is 20.2 Å². The number of rotatable bonds is 16. The number of unbranched alkanes of at least 4 members (excludes halogenated alkanes) is 5. The predicted molar refractivity (Wildman–Crippen MR) is 329 cm³/mol. The zero-order chi connectivity index (χ0) is 56.0. The Hall–Kier alpha value is -8.38. The molecular formula is C71H74F2Ir2N2O4-2. The average molecular weight is 1440 g/mol. The van der Waals surface area contributed by atoms with Crippen LogP contribution in [0.2, 0.25) is 0 Å². The Morgan fingerprint density at radius 3 is 1.43 bits per heavy atom. The first kappa shape index (κ1) is 63.5. The van der Waals surface area contributed by atoms with Gasteiger partial charge in [0.2, 0.25) is 0 Å². The number of ketones is 2. The summed E-state index contributed by atoms with van der Waals surface area (Å²) in [5, 5.41) is 20.8. The van der Waals surface area contributed by atoms with Crippen LogP contribution in [0.15, 0.2) is 229 Å². The molecule has 0 atom stereocenters. The molecule has 2 aromatic heterocycles. The van der Waals surface area contributed by atoms with E-state index in [-0.39, 0.29) is 86.3 Å². The van der Waals surface area contributed by atoms with Crippen molar-refractivity contribution in [1.29, 1.82) is 0 Å². The third-order valence-electron chi connectivity index (χ3n) is 13.0. The van der Waals surface area contributed by atoms with Crippen LogP contribution in [0.3, 0.4) is 0 Å². The number of allylic oxidation sites excluding steroid dienone is 3. The fourth-order valence-electron chi connectivity index (χ4n) is 9.18. The molecule has 0 saturated carbocycles. The van der Waals surface area contributed by atoms with Crippen LogP contribution in [0.1, 0.15) is 99.4 Å². The van der Waals surface area contributed by atoms with Gasteiger partial charge in [0.15, 0.2) is 11.6 Å². The van der Waals surface area contributed by atoms with Gasteiger partial charge in [-0.1, -0.05) is 154 Å². The van der Waals surface area contributed by atoms with E-state index in [9.17, 15) is 28.6 Å². The first-order valence-corrected chi connectivity index (χ1v) is 26.0. The van der Waals surface area contributed by atoms with Crippen molar-refractivity contribution < 1.29 is 80.2 Å². The molecule has 1 aliphatic rings. The molecule has 6 aromatic carbocycles. The molecule has 0 bridgehead atoms. The quantitative estimate of drug-likeness (QED) is 0.0329. The molecule has 81 heavy (non-hydrogen) atoms. The van der Waals surface area contributed by atoms with Crippen LogP contribution >= 0.6 is 0 Å². The molecule has 0 spiro atoms. The van der Waals surface area contributed by atoms with Crippen LogP contribution in [0, 0.1) is 23.8 Å². The molecular weight excluding hydrogens is 1370 g/mol. The molecule has 0 saturated heterocycles. The number of benzene rings is 6. The van der Waals surface area contributed by atoms with Crippen molar-refractivity contribution in [3.05, 3.63) is 275 Å². The maximum Gasteiger partial charge on any atom is 0.156 e. The fraction of sp³-hybridized carbons (Fsp3) is 0.155. The summed E-state index contributed by atoms with van der Waals surface area (Å²) >= 11 is 0. The maximum absolute atomic E-state index is 12.6. The van der Waals surface area contributed by atoms with Crippen molar-refractivity contribution >= 4 is 23.1 Å². The van der Waals surface area contributed by atoms with Gasteiger partial charge in [0.05, 0.1) is 0 Å². The van der Waals surface area contributed by atoms with E-state index in [1.807, 2.05) is 84.9 Å². The number of carbonyl (C=O) groups is 2. The standard InChI is InChI=1S/C49H44O4.2C11H7FN.2Ir.8H2/c1-5-7-9-11-13-15-29-49(30-16-14-12-10-8-6-2)45-33-41(37-17-21-39(22-18-37)47(52)31-35(3)50)25-27-43(45)44-28-26-42(34-46(44)49)38-19-23-40(24-20-38)48(53)32-36(4)51;2*12-10-6-4-9(5-7-10)11-3-1-2-8-13-11;;;;;;;;;;/h17-29,31-34,52-53H,1,6,8,10,12,14,16,30H2,2-4H3;2*1-4,6-8H;;;8*1H/q;2*-1;;;;;;;;;;. The second-order valence-electron chi connectivity index (χ2n) is 18.7. The second-order valence-corrected chi connectivity index (χ2v) is 18.7. The number of halogens is 2. The number of hydrogen-bond donors (Lipinski definition) is 2. The van der Waals surface area contributed by atoms with Gasteiger partial charge in [0.25, 0.3) is 0 Å². The van der Waals surface area contributed by atoms with Crippen molar-refractivity contribution in [2.45, 2.75) is 71.1 Å². The maximum atomic E-state index is 12.6. The third kappa shape index (κ3) is 17.8. The predicted octanol–water partition coefficient (Wildman–Crippen LogP) is 19.5. The van der Waals surface area contributed by atoms with Gasteiger partial charge in [-0.3, -0.25) is 18.4 Å². The third-order valence-corrected chi connectivity index (χ3v) is 13.0. The SMILES string of the molecule is C=C=C=C=C=C=C=CC1(CCCCCCCC)c2cc(-c3ccc(C(O)=CC(C)=O)cc3)ccc2-c2ccc(-c3ccc(C(O)=CC(C)=O)cc3)cc21.Fc1c[c-]c(-c2ccccn2)cc1.Fc1c[c-]c(-c2ccccn2)cc1.[HH].[HH].[HH].[HH].[HH].[HH].[HH].[HH].[Ir].[Ir]. The summed E-state index contributed by atoms with van der Waals surface area (Å²) in [5.41, 5.74) is 29.7. The van der Waals surface area contributed by atoms with Gasteiger partial charge in [-0.15, -0.1) is 59.7 Å². The molecule has 10 heteroatoms. The molecule has 9 rings (SSSR count). The van der Waals surface area contributed by atoms with Gasteiger partial charge >= 0.3 is 0 Å². The summed E-state index contributed by atoms with van der Waals surface area (Å²) < 4.78 is 25.1. The van der Waals surface area contributed by atoms with E-state index >= 15 is 0 Å². The number of carbonyl (C=O) groups excluding carboxylic acids is 2. The van der Waals surface area contributed by atoms with Gasteiger partial charge in [0, 0.05) is 104 Å². The first-order chi connectivity index (χ1) is 38.4. The van der Waals surface area contributed by atoms with Crippen molar-refractivity contribution in [1.82, 2.24) is 9.97 Å². The van der Waals surface area contributed by atoms with Crippen LogP contribution in [-0.4, -0.2) is 31.7 Å². The number of hydrogen-bond acceptors (Lipinski definition) is 6. The Bertz CT molecular complexity index is 3540. The van der Waals surface area contributed by atoms with Crippen LogP contribution < -0.4 is 0 Å². The van der Waals surface area contributed by atoms with E-state index < -0.39 is 5.41 Å². The van der Waals surface area contributed by atoms with Crippen molar-refractivity contribution in [3.8, 4) is 55.9 Å². The Labute approximate surface area is 512 Å². The molecule has 8 aromatic rings. The molecule has 0 amide bonds. The van der Waals surface area contributed by atoms with E-state index in [0.717, 1.165) is 75.2 Å². The van der Waals surface area contributed by atoms with E-state index in [2.05, 4.69) is 112 Å². The smallest absolute Gasteiger partial charge is 0.156 e. The molecule has 0 unspecified atom stereocenters. The Morgan fingerprint density at radius 2 is 1.02 bits per heavy atom. The first-order valence-electron chi connectivity index (χ1n) is 26.0. The fourth-order valence-corrected chi connectivity index (χ4v) is 9.18. The Morgan fingerprint density at radius 1 is 0.580 bits per heavy atom. The summed E-state index contributed by atoms with van der Waals surface area (Å²) in [6.45, 7) is 8.58. The molecule has 0 fully saturated rings. The van der Waals surface area contributed by atoms with Crippen LogP contribution in [0.4, 0.5) is 8.78 Å². The molecule has 426 valence electrons. The van der Waals surface area contributed by atoms with Crippen molar-refractivity contribution in [2.24, 2.45) is 0 Å². The second kappa shape index (κ2) is 32.0. The molecule has 1 aliphatic carbocycles. The molecule has 2 heterocycles. The van der Waals surface area contributed by atoms with Crippen LogP contribution in [0.5, 0.6) is 0 Å². The van der Waals surface area contributed by atoms with Crippen molar-refractivity contribution in [3.63, 3.8) is 0 Å². The molecule has 2 radical (unpaired) electrons. The minimum absolute atomic E-state index is 0. The normalized spacial score (nSPS) is 12.6. The Balaban J connectivity index is -0.000000829. The minimum Gasteiger partial charge on any atom is -0.507 e. The Kier molecular flexibility index (Phi) is 25.1. The summed E-state index contributed by atoms with van der Waals surface area (Å²) in [4.78, 5) is 31.3. The number of pyridine rings is 2. The zero-order valence-electron chi connectivity index (χ0n) is 45.1. The topological polar surface area (TPSA) is 100 Å². The van der Waals surface area contributed by atoms with Crippen LogP contribution in [-0.2, 0) is 55.2 Å². The van der Waals surface area contributed by atoms with Crippen LogP contribution in [0.25, 0.3) is 67.4 Å². The van der Waals surface area contributed by atoms with Gasteiger partial charge in [-0.25, -0.2) is 0 Å². The number of aliphatic hydroxyl groups is 2. The zero-order valence-corrected chi connectivity index (χ0v) is 49.9. The summed E-state index contributed by atoms with van der Waals surface area (Å²) in [6, 6.07) is 53.9. The molecule has 2 N–H and O–H groups in total. The van der Waals surface area contributed by atoms with E-state index in [0.29, 0.717) is 11.1 Å². The van der Waals surface area contributed by atoms with Gasteiger partial charge in [-0.05, 0) is 136 Å². The van der Waals surface area contributed by atoms with Gasteiger partial charge in [0.1, 0.15) is 11.5 Å². The summed E-state index contributed by atoms with van der Waals surface area (Å²) in [6.07, 6.45) is 15.8. The number of aliphatic hydroxyl groups excluding tert-OH is 2. The van der Waals surface area contributed by atoms with Crippen molar-refractivity contribution in [2.75, 3.05) is 0 Å².